The van der Waals surface area contributed by atoms with Gasteiger partial charge in [0.15, 0.2) is 18.9 Å². The summed E-state index contributed by atoms with van der Waals surface area (Å²) in [6.45, 7) is 12.2. The summed E-state index contributed by atoms with van der Waals surface area (Å²) < 4.78 is 34.2. The second-order valence-corrected chi connectivity index (χ2v) is 23.1. The van der Waals surface area contributed by atoms with Crippen molar-refractivity contribution in [1.29, 1.82) is 0 Å². The normalized spacial score (nSPS) is 54.3. The molecule has 8 rings (SSSR count). The Morgan fingerprint density at radius 1 is 0.766 bits per heavy atom. The quantitative estimate of drug-likeness (QED) is 0.106. The zero-order valence-corrected chi connectivity index (χ0v) is 38.5. The van der Waals surface area contributed by atoms with Crippen molar-refractivity contribution in [2.45, 2.75) is 210 Å². The first-order valence-corrected chi connectivity index (χ1v) is 23.7. The molecule has 5 saturated carbocycles. The Balaban J connectivity index is 0.856. The Morgan fingerprint density at radius 2 is 1.45 bits per heavy atom. The lowest BCUT2D eigenvalue weighted by molar-refractivity contribution is -0.366. The minimum absolute atomic E-state index is 0.0556. The molecule has 24 unspecified atom stereocenters. The second-order valence-electron chi connectivity index (χ2n) is 23.1. The Labute approximate surface area is 375 Å². The summed E-state index contributed by atoms with van der Waals surface area (Å²) in [7, 11) is 0. The number of hydrogen-bond donors (Lipinski definition) is 12. The lowest BCUT2D eigenvalue weighted by Gasteiger charge is -2.65. The molecule has 0 aromatic rings. The maximum atomic E-state index is 12.1. The van der Waals surface area contributed by atoms with Crippen LogP contribution in [0.3, 0.4) is 0 Å². The average molecular weight is 919 g/mol. The van der Waals surface area contributed by atoms with Crippen molar-refractivity contribution in [3.05, 3.63) is 0 Å². The van der Waals surface area contributed by atoms with Crippen LogP contribution in [0.4, 0.5) is 0 Å². The Kier molecular flexibility index (Phi) is 13.2. The highest BCUT2D eigenvalue weighted by molar-refractivity contribution is 5.34. The number of aliphatic hydroxyl groups excluding tert-OH is 11. The third kappa shape index (κ3) is 7.33. The highest BCUT2D eigenvalue weighted by Gasteiger charge is 2.86. The van der Waals surface area contributed by atoms with E-state index in [0.29, 0.717) is 31.6 Å². The molecule has 0 aromatic carbocycles. The lowest BCUT2D eigenvalue weighted by atomic mass is 9.40. The Morgan fingerprint density at radius 3 is 2.11 bits per heavy atom. The molecule has 8 fully saturated rings. The predicted octanol–water partition coefficient (Wildman–Crippen LogP) is -0.971. The second kappa shape index (κ2) is 17.0. The van der Waals surface area contributed by atoms with E-state index in [0.717, 1.165) is 32.1 Å². The first kappa shape index (κ1) is 49.7. The molecule has 5 aliphatic carbocycles. The highest BCUT2D eigenvalue weighted by Crippen LogP contribution is 2.89. The third-order valence-electron chi connectivity index (χ3n) is 19.4. The van der Waals surface area contributed by atoms with Gasteiger partial charge in [-0.05, 0) is 111 Å². The number of fused-ring (bicyclic) bond motifs is 2. The van der Waals surface area contributed by atoms with Crippen LogP contribution in [-0.4, -0.2) is 191 Å². The zero-order valence-electron chi connectivity index (χ0n) is 38.5. The van der Waals surface area contributed by atoms with Crippen molar-refractivity contribution < 1.29 is 89.7 Å². The molecule has 3 saturated heterocycles. The van der Waals surface area contributed by atoms with Crippen LogP contribution in [0.5, 0.6) is 0 Å². The fraction of sp³-hybridized carbons (Fsp3) is 1.00. The summed E-state index contributed by atoms with van der Waals surface area (Å²) in [5.74, 6) is 0.652. The topological polar surface area (TPSA) is 298 Å². The van der Waals surface area contributed by atoms with Crippen molar-refractivity contribution in [1.82, 2.24) is 0 Å². The molecule has 2 spiro atoms. The minimum atomic E-state index is -1.98. The van der Waals surface area contributed by atoms with Crippen LogP contribution in [0.2, 0.25) is 0 Å². The van der Waals surface area contributed by atoms with Crippen molar-refractivity contribution in [2.75, 3.05) is 26.4 Å². The van der Waals surface area contributed by atoms with Crippen LogP contribution in [0, 0.1) is 50.7 Å². The molecule has 24 atom stereocenters. The van der Waals surface area contributed by atoms with E-state index < -0.39 is 130 Å². The Bertz CT molecular complexity index is 1670. The van der Waals surface area contributed by atoms with Gasteiger partial charge in [-0.2, -0.15) is 0 Å². The van der Waals surface area contributed by atoms with E-state index in [-0.39, 0.29) is 44.8 Å². The molecule has 0 amide bonds. The average Bonchev–Trinajstić information content (AvgIpc) is 3.73. The van der Waals surface area contributed by atoms with Crippen molar-refractivity contribution in [3.8, 4) is 0 Å². The van der Waals surface area contributed by atoms with Gasteiger partial charge in [0.05, 0.1) is 56.4 Å². The maximum Gasteiger partial charge on any atom is 0.187 e. The van der Waals surface area contributed by atoms with Crippen LogP contribution in [-0.2, 0) is 28.4 Å². The van der Waals surface area contributed by atoms with Crippen LogP contribution in [0.1, 0.15) is 106 Å². The molecule has 3 aliphatic heterocycles. The van der Waals surface area contributed by atoms with E-state index >= 15 is 0 Å². The fourth-order valence-corrected chi connectivity index (χ4v) is 15.2. The first-order chi connectivity index (χ1) is 29.8. The molecule has 3 heterocycles. The van der Waals surface area contributed by atoms with Gasteiger partial charge in [-0.3, -0.25) is 0 Å². The van der Waals surface area contributed by atoms with Crippen molar-refractivity contribution in [2.24, 2.45) is 50.7 Å². The van der Waals surface area contributed by atoms with Crippen LogP contribution in [0.15, 0.2) is 0 Å². The van der Waals surface area contributed by atoms with Crippen LogP contribution < -0.4 is 0 Å². The number of rotatable bonds is 13. The summed E-state index contributed by atoms with van der Waals surface area (Å²) in [5.41, 5.74) is -4.29. The van der Waals surface area contributed by atoms with Gasteiger partial charge < -0.3 is 89.7 Å². The van der Waals surface area contributed by atoms with Gasteiger partial charge in [-0.25, -0.2) is 0 Å². The molecular formula is C46H78O18. The van der Waals surface area contributed by atoms with E-state index in [9.17, 15) is 61.3 Å². The Hall–Kier alpha value is -0.720. The van der Waals surface area contributed by atoms with Gasteiger partial charge in [0.2, 0.25) is 0 Å². The van der Waals surface area contributed by atoms with E-state index in [2.05, 4.69) is 34.6 Å². The number of hydrogen-bond acceptors (Lipinski definition) is 18. The van der Waals surface area contributed by atoms with E-state index in [1.54, 1.807) is 13.8 Å². The summed E-state index contributed by atoms with van der Waals surface area (Å²) in [6, 6.07) is 0. The van der Waals surface area contributed by atoms with Crippen LogP contribution >= 0.6 is 0 Å². The summed E-state index contributed by atoms with van der Waals surface area (Å²) in [6.07, 6.45) is -13.1. The standard InChI is InChI=1S/C46H78O18/c1-21(22-10-11-43(7)35-23(49)14-26-40(2,3)28(51)15-29(52)46(26)18-44(35,46)13-12-42(22,43)6)8-9-27(50)41(4,5)64-38-33(56)31(54)34(24(16-47)61-38)63-37-32(55)30(53)25(17-59-37)62-39-36(57)45(58,19-48)20-60-39/h21-39,47-58H,8-20H2,1-7H3. The van der Waals surface area contributed by atoms with Crippen molar-refractivity contribution >= 4 is 0 Å². The third-order valence-corrected chi connectivity index (χ3v) is 19.4. The van der Waals surface area contributed by atoms with E-state index in [1.165, 1.54) is 0 Å². The van der Waals surface area contributed by atoms with Gasteiger partial charge in [0.25, 0.3) is 0 Å². The molecule has 12 N–H and O–H groups in total. The van der Waals surface area contributed by atoms with E-state index in [4.69, 9.17) is 28.4 Å². The molecule has 0 radical (unpaired) electrons. The largest absolute Gasteiger partial charge is 0.394 e. The summed E-state index contributed by atoms with van der Waals surface area (Å²) in [5, 5.41) is 131. The molecular weight excluding hydrogens is 840 g/mol. The van der Waals surface area contributed by atoms with Gasteiger partial charge in [-0.15, -0.1) is 0 Å². The predicted molar refractivity (Wildman–Crippen MR) is 222 cm³/mol. The highest BCUT2D eigenvalue weighted by atomic mass is 16.8. The van der Waals surface area contributed by atoms with Gasteiger partial charge in [0.1, 0.15) is 54.4 Å². The zero-order chi connectivity index (χ0) is 46.9. The van der Waals surface area contributed by atoms with Crippen LogP contribution in [0.25, 0.3) is 0 Å². The van der Waals surface area contributed by atoms with Gasteiger partial charge in [-0.1, -0.05) is 34.6 Å². The number of ether oxygens (including phenoxy) is 6. The van der Waals surface area contributed by atoms with Gasteiger partial charge in [0, 0.05) is 11.8 Å². The molecule has 370 valence electrons. The molecule has 64 heavy (non-hydrogen) atoms. The van der Waals surface area contributed by atoms with Gasteiger partial charge >= 0.3 is 0 Å². The number of aliphatic hydroxyl groups is 12. The van der Waals surface area contributed by atoms with Crippen molar-refractivity contribution in [3.63, 3.8) is 0 Å². The lowest BCUT2D eigenvalue weighted by Crippen LogP contribution is -2.64. The first-order valence-electron chi connectivity index (χ1n) is 23.7. The molecule has 18 heteroatoms. The molecule has 0 bridgehead atoms. The maximum absolute atomic E-state index is 12.1. The smallest absolute Gasteiger partial charge is 0.187 e. The SMILES string of the molecule is CC(CCC(O)C(C)(C)OC1OC(CO)C(OC2OCC(OC3OCC(O)(CO)C3O)C(O)C2O)C(O)C1O)C1CCC2(C)C3C(O)CC4C(C)(C)C(O)CC(O)C45CC35CCC12C. The molecule has 0 aromatic heterocycles. The van der Waals surface area contributed by atoms with E-state index in [1.807, 2.05) is 0 Å². The minimum Gasteiger partial charge on any atom is -0.394 e. The summed E-state index contributed by atoms with van der Waals surface area (Å²) in [4.78, 5) is 0. The molecule has 8 aliphatic rings. The fourth-order valence-electron chi connectivity index (χ4n) is 15.2. The monoisotopic (exact) mass is 919 g/mol. The summed E-state index contributed by atoms with van der Waals surface area (Å²) >= 11 is 0. The molecule has 18 nitrogen and oxygen atoms in total.